The van der Waals surface area contributed by atoms with Crippen molar-refractivity contribution < 1.29 is 71.0 Å². The molecule has 21 heteroatoms. The van der Waals surface area contributed by atoms with Crippen LogP contribution in [0.2, 0.25) is 0 Å². The Balaban J connectivity index is 1.40. The first-order valence-corrected chi connectivity index (χ1v) is 29.8. The molecule has 0 radical (unpaired) electrons. The third-order valence-corrected chi connectivity index (χ3v) is 14.9. The Morgan fingerprint density at radius 1 is 0.671 bits per heavy atom. The first-order valence-electron chi connectivity index (χ1n) is 26.8. The van der Waals surface area contributed by atoms with E-state index in [1.165, 1.54) is 63.9 Å². The van der Waals surface area contributed by atoms with E-state index >= 15 is 0 Å². The second kappa shape index (κ2) is 37.4. The fourth-order valence-electron chi connectivity index (χ4n) is 7.99. The van der Waals surface area contributed by atoms with E-state index in [9.17, 15) is 43.5 Å². The van der Waals surface area contributed by atoms with Gasteiger partial charge in [0.05, 0.1) is 25.4 Å². The molecule has 73 heavy (non-hydrogen) atoms. The summed E-state index contributed by atoms with van der Waals surface area (Å²) in [4.78, 5) is 62.0. The number of aromatic nitrogens is 2. The van der Waals surface area contributed by atoms with Crippen molar-refractivity contribution in [2.24, 2.45) is 0 Å². The molecule has 4 unspecified atom stereocenters. The van der Waals surface area contributed by atoms with Gasteiger partial charge >= 0.3 is 33.3 Å². The molecule has 3 heterocycles. The molecule has 0 aromatic carbocycles. The Bertz CT molecular complexity index is 1980. The lowest BCUT2D eigenvalue weighted by Crippen LogP contribution is -2.36. The van der Waals surface area contributed by atoms with Crippen molar-refractivity contribution in [2.45, 2.75) is 224 Å². The maximum absolute atomic E-state index is 12.9. The zero-order valence-corrected chi connectivity index (χ0v) is 45.2. The number of nitrogens with zero attached hydrogens (tertiary/aromatic N) is 2. The van der Waals surface area contributed by atoms with Gasteiger partial charge in [-0.3, -0.25) is 23.2 Å². The Hall–Kier alpha value is -3.32. The van der Waals surface area contributed by atoms with E-state index in [-0.39, 0.29) is 24.8 Å². The normalized spacial score (nSPS) is 22.1. The lowest BCUT2D eigenvalue weighted by atomic mass is 10.1. The topological polar surface area (TPSA) is 278 Å². The molecule has 2 aliphatic heterocycles. The average Bonchev–Trinajstić information content (AvgIpc) is 4.04. The molecule has 0 bridgehead atoms. The third-order valence-electron chi connectivity index (χ3n) is 12.3. The number of phosphoric acid groups is 2. The van der Waals surface area contributed by atoms with Gasteiger partial charge in [0.2, 0.25) is 0 Å². The first kappa shape index (κ1) is 64.0. The second-order valence-corrected chi connectivity index (χ2v) is 21.8. The number of hydrogen-bond donors (Lipinski definition) is 5. The van der Waals surface area contributed by atoms with E-state index in [2.05, 4.69) is 59.6 Å². The van der Waals surface area contributed by atoms with E-state index in [1.54, 1.807) is 0 Å². The van der Waals surface area contributed by atoms with E-state index in [4.69, 9.17) is 33.7 Å². The van der Waals surface area contributed by atoms with Crippen LogP contribution in [0.4, 0.5) is 5.82 Å². The minimum atomic E-state index is -5.44. The van der Waals surface area contributed by atoms with Gasteiger partial charge in [-0.05, 0) is 83.1 Å². The number of unbranched alkanes of at least 4 members (excludes halogenated alkanes) is 17. The van der Waals surface area contributed by atoms with Gasteiger partial charge in [-0.15, -0.1) is 0 Å². The van der Waals surface area contributed by atoms with Gasteiger partial charge < -0.3 is 44.7 Å². The highest BCUT2D eigenvalue weighted by Gasteiger charge is 2.46. The van der Waals surface area contributed by atoms with Crippen LogP contribution in [0.5, 0.6) is 0 Å². The number of phosphoric ester groups is 2. The molecule has 3 rings (SSSR count). The zero-order chi connectivity index (χ0) is 53.2. The van der Waals surface area contributed by atoms with Crippen LogP contribution >= 0.6 is 15.6 Å². The van der Waals surface area contributed by atoms with E-state index in [0.29, 0.717) is 25.4 Å². The molecule has 1 aromatic rings. The summed E-state index contributed by atoms with van der Waals surface area (Å²) in [5, 5.41) is 20.9. The Labute approximate surface area is 433 Å². The maximum Gasteiger partial charge on any atom is 0.481 e. The number of epoxide rings is 1. The van der Waals surface area contributed by atoms with Gasteiger partial charge in [0.25, 0.3) is 0 Å². The average molecular weight is 1070 g/mol. The molecule has 0 amide bonds. The molecule has 0 spiro atoms. The summed E-state index contributed by atoms with van der Waals surface area (Å²) < 4.78 is 62.6. The monoisotopic (exact) mass is 1070 g/mol. The second-order valence-electron chi connectivity index (χ2n) is 18.8. The molecule has 9 atom stereocenters. The van der Waals surface area contributed by atoms with Crippen molar-refractivity contribution in [2.75, 3.05) is 25.6 Å². The third kappa shape index (κ3) is 29.5. The van der Waals surface area contributed by atoms with E-state index in [0.717, 1.165) is 87.8 Å². The predicted octanol–water partition coefficient (Wildman–Crippen LogP) is 10.3. The molecule has 0 saturated carbocycles. The van der Waals surface area contributed by atoms with Crippen molar-refractivity contribution in [1.29, 1.82) is 0 Å². The number of hydrogen-bond acceptors (Lipinski definition) is 16. The van der Waals surface area contributed by atoms with Crippen LogP contribution in [0.25, 0.3) is 0 Å². The van der Waals surface area contributed by atoms with Crippen LogP contribution in [0, 0.1) is 0 Å². The number of rotatable bonds is 43. The Morgan fingerprint density at radius 3 is 1.85 bits per heavy atom. The van der Waals surface area contributed by atoms with Crippen molar-refractivity contribution in [1.82, 2.24) is 9.55 Å². The quantitative estimate of drug-likeness (QED) is 0.0134. The van der Waals surface area contributed by atoms with Gasteiger partial charge in [-0.1, -0.05) is 140 Å². The summed E-state index contributed by atoms with van der Waals surface area (Å²) in [5.41, 5.74) is 4.59. The van der Waals surface area contributed by atoms with Crippen LogP contribution in [-0.4, -0.2) is 97.9 Å². The molecule has 1 aromatic heterocycles. The number of esters is 2. The SMILES string of the molecule is CCCCC/C=C\CC1OC1C/C=C\C/C=C\CCCC(=O)O[C@H](COC(=O)CCCCCCCCC/C=C\CCCCCCCC)COP(=O)(O)OP(=O)(O)OC[C@H]1O[C@@H](n2ccc(N)nc2=O)[C@H](O)[C@@H]1O. The molecule has 416 valence electrons. The highest BCUT2D eigenvalue weighted by molar-refractivity contribution is 7.61. The number of aliphatic hydroxyl groups is 2. The van der Waals surface area contributed by atoms with Crippen LogP contribution in [0.1, 0.15) is 187 Å². The van der Waals surface area contributed by atoms with Gasteiger partial charge in [-0.25, -0.2) is 13.9 Å². The van der Waals surface area contributed by atoms with Crippen LogP contribution in [0.15, 0.2) is 65.7 Å². The lowest BCUT2D eigenvalue weighted by molar-refractivity contribution is -0.161. The van der Waals surface area contributed by atoms with Crippen molar-refractivity contribution in [3.8, 4) is 0 Å². The number of carbonyl (C=O) groups is 2. The summed E-state index contributed by atoms with van der Waals surface area (Å²) in [5.74, 6) is -1.37. The Kier molecular flexibility index (Phi) is 32.8. The number of anilines is 1. The summed E-state index contributed by atoms with van der Waals surface area (Å²) >= 11 is 0. The number of ether oxygens (including phenoxy) is 4. The van der Waals surface area contributed by atoms with Crippen LogP contribution < -0.4 is 11.4 Å². The molecule has 2 saturated heterocycles. The van der Waals surface area contributed by atoms with Crippen molar-refractivity contribution >= 4 is 33.4 Å². The minimum Gasteiger partial charge on any atom is -0.462 e. The number of aliphatic hydroxyl groups excluding tert-OH is 2. The zero-order valence-electron chi connectivity index (χ0n) is 43.4. The summed E-state index contributed by atoms with van der Waals surface area (Å²) in [7, 11) is -10.9. The molecular formula is C52H87N3O16P2. The van der Waals surface area contributed by atoms with Crippen LogP contribution in [0.3, 0.4) is 0 Å². The molecule has 2 fully saturated rings. The number of nitrogen functional groups attached to an aromatic ring is 1. The minimum absolute atomic E-state index is 0.0326. The Morgan fingerprint density at radius 2 is 1.19 bits per heavy atom. The van der Waals surface area contributed by atoms with Gasteiger partial charge in [0, 0.05) is 19.0 Å². The predicted molar refractivity (Wildman–Crippen MR) is 279 cm³/mol. The highest BCUT2D eigenvalue weighted by Crippen LogP contribution is 2.60. The number of allylic oxidation sites excluding steroid dienone is 6. The van der Waals surface area contributed by atoms with Gasteiger partial charge in [0.15, 0.2) is 12.3 Å². The summed E-state index contributed by atoms with van der Waals surface area (Å²) in [6, 6.07) is 1.24. The highest BCUT2D eigenvalue weighted by atomic mass is 31.3. The van der Waals surface area contributed by atoms with Crippen molar-refractivity contribution in [3.63, 3.8) is 0 Å². The van der Waals surface area contributed by atoms with Crippen molar-refractivity contribution in [3.05, 3.63) is 71.4 Å². The van der Waals surface area contributed by atoms with Gasteiger partial charge in [0.1, 0.15) is 30.7 Å². The lowest BCUT2D eigenvalue weighted by Gasteiger charge is -2.21. The first-order chi connectivity index (χ1) is 35.1. The summed E-state index contributed by atoms with van der Waals surface area (Å²) in [6.07, 6.45) is 36.4. The molecule has 19 nitrogen and oxygen atoms in total. The number of nitrogens with two attached hydrogens (primary N) is 1. The molecule has 2 aliphatic rings. The summed E-state index contributed by atoms with van der Waals surface area (Å²) in [6.45, 7) is 2.07. The smallest absolute Gasteiger partial charge is 0.462 e. The van der Waals surface area contributed by atoms with E-state index < -0.39 is 83.7 Å². The van der Waals surface area contributed by atoms with Gasteiger partial charge in [-0.2, -0.15) is 9.29 Å². The molecule has 6 N–H and O–H groups in total. The largest absolute Gasteiger partial charge is 0.481 e. The fourth-order valence-corrected chi connectivity index (χ4v) is 10.1. The number of carbonyl (C=O) groups excluding carboxylic acids is 2. The maximum atomic E-state index is 12.9. The molecular weight excluding hydrogens is 985 g/mol. The molecule has 0 aliphatic carbocycles. The standard InChI is InChI=1S/C52H87N3O16P2/c1-3-5-7-9-11-12-13-14-15-16-17-18-19-20-23-27-31-35-47(56)65-39-42(68-48(57)36-32-28-24-21-22-26-30-34-44-43(69-44)33-29-25-10-8-6-4-2)40-66-72(61,62)71-73(63,64)67-41-45-49(58)50(59)51(70-45)55-38-37-46(53)54-52(55)60/h14-15,21,24-26,29-30,37-38,42-45,49-51,58-59H,3-13,16-20,22-23,27-28,31-36,39-41H2,1-2H3,(H,61,62)(H,63,64)(H2,53,54,60)/b15-14-,24-21-,29-25-,30-26-/t42-,43?,44?,45-,49-,50-,51-/m1/s1. The fraction of sp³-hybridized carbons (Fsp3) is 0.731. The van der Waals surface area contributed by atoms with Crippen LogP contribution in [-0.2, 0) is 51.0 Å². The van der Waals surface area contributed by atoms with E-state index in [1.807, 2.05) is 12.2 Å².